The van der Waals surface area contributed by atoms with Gasteiger partial charge >= 0.3 is 0 Å². The number of halogens is 2. The lowest BCUT2D eigenvalue weighted by molar-refractivity contribution is 0.0320. The van der Waals surface area contributed by atoms with Gasteiger partial charge in [-0.1, -0.05) is 13.0 Å². The van der Waals surface area contributed by atoms with Gasteiger partial charge in [0.05, 0.1) is 12.2 Å². The minimum atomic E-state index is -0.794. The van der Waals surface area contributed by atoms with Crippen molar-refractivity contribution in [1.82, 2.24) is 5.32 Å². The van der Waals surface area contributed by atoms with Gasteiger partial charge in [0, 0.05) is 6.04 Å². The third-order valence-corrected chi connectivity index (χ3v) is 3.81. The van der Waals surface area contributed by atoms with E-state index in [4.69, 9.17) is 4.74 Å². The van der Waals surface area contributed by atoms with E-state index in [2.05, 4.69) is 19.2 Å². The zero-order valence-electron chi connectivity index (χ0n) is 12.2. The molecule has 1 aliphatic heterocycles. The normalized spacial score (nSPS) is 24.0. The minimum Gasteiger partial charge on any atom is -0.374 e. The van der Waals surface area contributed by atoms with Gasteiger partial charge in [0.15, 0.2) is 11.6 Å². The van der Waals surface area contributed by atoms with Crippen molar-refractivity contribution in [3.05, 3.63) is 35.4 Å². The highest BCUT2D eigenvalue weighted by Crippen LogP contribution is 2.24. The van der Waals surface area contributed by atoms with Crippen molar-refractivity contribution < 1.29 is 13.5 Å². The van der Waals surface area contributed by atoms with E-state index >= 15 is 0 Å². The molecule has 0 amide bonds. The molecule has 4 heteroatoms. The highest BCUT2D eigenvalue weighted by Gasteiger charge is 2.29. The summed E-state index contributed by atoms with van der Waals surface area (Å²) in [5.41, 5.74) is 0.806. The fourth-order valence-electron chi connectivity index (χ4n) is 2.71. The predicted octanol–water partition coefficient (Wildman–Crippen LogP) is 3.44. The molecule has 0 bridgehead atoms. The maximum absolute atomic E-state index is 13.3. The molecule has 0 saturated carbocycles. The fraction of sp³-hybridized carbons (Fsp3) is 0.625. The number of ether oxygens (including phenoxy) is 1. The Balaban J connectivity index is 2.04. The number of hydrogen-bond acceptors (Lipinski definition) is 2. The van der Waals surface area contributed by atoms with Gasteiger partial charge in [0.25, 0.3) is 0 Å². The summed E-state index contributed by atoms with van der Waals surface area (Å²) in [6.45, 7) is 5.09. The lowest BCUT2D eigenvalue weighted by atomic mass is 9.99. The highest BCUT2D eigenvalue weighted by molar-refractivity contribution is 5.19. The van der Waals surface area contributed by atoms with Crippen molar-refractivity contribution in [2.75, 3.05) is 6.54 Å². The van der Waals surface area contributed by atoms with Crippen LogP contribution in [0.3, 0.4) is 0 Å². The predicted molar refractivity (Wildman–Crippen MR) is 75.7 cm³/mol. The van der Waals surface area contributed by atoms with Gasteiger partial charge in [-0.15, -0.1) is 0 Å². The largest absolute Gasteiger partial charge is 0.374 e. The summed E-state index contributed by atoms with van der Waals surface area (Å²) in [6, 6.07) is 4.29. The first-order valence-electron chi connectivity index (χ1n) is 7.43. The molecule has 112 valence electrons. The molecule has 2 rings (SSSR count). The molecule has 1 N–H and O–H groups in total. The molecule has 0 aromatic heterocycles. The van der Waals surface area contributed by atoms with Crippen LogP contribution < -0.4 is 5.32 Å². The van der Waals surface area contributed by atoms with Crippen LogP contribution in [0.4, 0.5) is 8.78 Å². The Morgan fingerprint density at radius 2 is 2.10 bits per heavy atom. The van der Waals surface area contributed by atoms with Crippen LogP contribution in [0.15, 0.2) is 18.2 Å². The Kier molecular flexibility index (Phi) is 5.49. The van der Waals surface area contributed by atoms with E-state index in [1.807, 2.05) is 0 Å². The third kappa shape index (κ3) is 4.00. The van der Waals surface area contributed by atoms with Gasteiger partial charge in [0.1, 0.15) is 0 Å². The molecule has 2 nitrogen and oxygen atoms in total. The number of rotatable bonds is 6. The highest BCUT2D eigenvalue weighted by atomic mass is 19.2. The van der Waals surface area contributed by atoms with Gasteiger partial charge in [-0.25, -0.2) is 8.78 Å². The van der Waals surface area contributed by atoms with Gasteiger partial charge in [-0.3, -0.25) is 0 Å². The smallest absolute Gasteiger partial charge is 0.159 e. The van der Waals surface area contributed by atoms with Crippen molar-refractivity contribution in [3.63, 3.8) is 0 Å². The molecule has 3 atom stereocenters. The van der Waals surface area contributed by atoms with Gasteiger partial charge in [-0.2, -0.15) is 0 Å². The number of nitrogens with one attached hydrogen (secondary N) is 1. The standard InChI is InChI=1S/C16H23F2NO/c1-3-8-19-15(16-7-4-11(2)20-16)10-12-5-6-13(17)14(18)9-12/h5-6,9,11,15-16,19H,3-4,7-8,10H2,1-2H3. The Morgan fingerprint density at radius 3 is 2.70 bits per heavy atom. The van der Waals surface area contributed by atoms with Crippen LogP contribution in [0.5, 0.6) is 0 Å². The fourth-order valence-corrected chi connectivity index (χ4v) is 2.71. The van der Waals surface area contributed by atoms with Crippen LogP contribution in [0.2, 0.25) is 0 Å². The van der Waals surface area contributed by atoms with Crippen LogP contribution in [0, 0.1) is 11.6 Å². The van der Waals surface area contributed by atoms with Gasteiger partial charge < -0.3 is 10.1 Å². The summed E-state index contributed by atoms with van der Waals surface area (Å²) in [5, 5.41) is 3.47. The monoisotopic (exact) mass is 283 g/mol. The summed E-state index contributed by atoms with van der Waals surface area (Å²) in [6.07, 6.45) is 4.23. The quantitative estimate of drug-likeness (QED) is 0.863. The van der Waals surface area contributed by atoms with Crippen LogP contribution >= 0.6 is 0 Å². The van der Waals surface area contributed by atoms with Gasteiger partial charge in [0.2, 0.25) is 0 Å². The summed E-state index contributed by atoms with van der Waals surface area (Å²) in [7, 11) is 0. The molecule has 3 unspecified atom stereocenters. The first-order chi connectivity index (χ1) is 9.60. The second-order valence-corrected chi connectivity index (χ2v) is 5.58. The van der Waals surface area contributed by atoms with Gasteiger partial charge in [-0.05, 0) is 56.8 Å². The maximum Gasteiger partial charge on any atom is 0.159 e. The number of hydrogen-bond donors (Lipinski definition) is 1. The Morgan fingerprint density at radius 1 is 1.30 bits per heavy atom. The van der Waals surface area contributed by atoms with Crippen LogP contribution in [-0.4, -0.2) is 24.8 Å². The van der Waals surface area contributed by atoms with E-state index in [9.17, 15) is 8.78 Å². The van der Waals surface area contributed by atoms with E-state index in [1.54, 1.807) is 6.07 Å². The summed E-state index contributed by atoms with van der Waals surface area (Å²) >= 11 is 0. The first kappa shape index (κ1) is 15.4. The maximum atomic E-state index is 13.3. The molecule has 1 fully saturated rings. The molecule has 1 aromatic carbocycles. The lowest BCUT2D eigenvalue weighted by Gasteiger charge is -2.25. The van der Waals surface area contributed by atoms with Crippen molar-refractivity contribution in [2.45, 2.75) is 57.8 Å². The van der Waals surface area contributed by atoms with E-state index in [1.165, 1.54) is 12.1 Å². The molecule has 1 heterocycles. The molecule has 1 aliphatic rings. The van der Waals surface area contributed by atoms with Crippen molar-refractivity contribution >= 4 is 0 Å². The third-order valence-electron chi connectivity index (χ3n) is 3.81. The van der Waals surface area contributed by atoms with E-state index in [0.717, 1.165) is 31.4 Å². The molecular weight excluding hydrogens is 260 g/mol. The second-order valence-electron chi connectivity index (χ2n) is 5.58. The van der Waals surface area contributed by atoms with Crippen molar-refractivity contribution in [3.8, 4) is 0 Å². The number of benzene rings is 1. The molecule has 0 spiro atoms. The summed E-state index contributed by atoms with van der Waals surface area (Å²) < 4.78 is 32.2. The Labute approximate surface area is 119 Å². The minimum absolute atomic E-state index is 0.157. The van der Waals surface area contributed by atoms with Crippen LogP contribution in [0.1, 0.15) is 38.7 Å². The van der Waals surface area contributed by atoms with Crippen molar-refractivity contribution in [2.24, 2.45) is 0 Å². The van der Waals surface area contributed by atoms with E-state index < -0.39 is 11.6 Å². The van der Waals surface area contributed by atoms with E-state index in [0.29, 0.717) is 6.42 Å². The Hall–Kier alpha value is -1.00. The SMILES string of the molecule is CCCNC(Cc1ccc(F)c(F)c1)C1CCC(C)O1. The van der Waals surface area contributed by atoms with Crippen molar-refractivity contribution in [1.29, 1.82) is 0 Å². The zero-order valence-corrected chi connectivity index (χ0v) is 12.2. The first-order valence-corrected chi connectivity index (χ1v) is 7.43. The van der Waals surface area contributed by atoms with Crippen LogP contribution in [0.25, 0.3) is 0 Å². The summed E-state index contributed by atoms with van der Waals surface area (Å²) in [5.74, 6) is -1.57. The van der Waals surface area contributed by atoms with Crippen LogP contribution in [-0.2, 0) is 11.2 Å². The second kappa shape index (κ2) is 7.14. The molecule has 0 radical (unpaired) electrons. The zero-order chi connectivity index (χ0) is 14.5. The lowest BCUT2D eigenvalue weighted by Crippen LogP contribution is -2.42. The topological polar surface area (TPSA) is 21.3 Å². The summed E-state index contributed by atoms with van der Waals surface area (Å²) in [4.78, 5) is 0. The molecule has 20 heavy (non-hydrogen) atoms. The average molecular weight is 283 g/mol. The molecule has 1 saturated heterocycles. The van der Waals surface area contributed by atoms with E-state index in [-0.39, 0.29) is 18.2 Å². The molecule has 0 aliphatic carbocycles. The molecule has 1 aromatic rings. The Bertz CT molecular complexity index is 438. The molecular formula is C16H23F2NO. The average Bonchev–Trinajstić information content (AvgIpc) is 2.85.